The van der Waals surface area contributed by atoms with E-state index in [1.54, 1.807) is 0 Å². The average molecular weight is 315 g/mol. The maximum atomic E-state index is 11.3. The summed E-state index contributed by atoms with van der Waals surface area (Å²) in [5.41, 5.74) is 0.834. The van der Waals surface area contributed by atoms with E-state index in [-0.39, 0.29) is 25.8 Å². The smallest absolute Gasteiger partial charge is 0.407 e. The number of carbonyl (C=O) groups excluding carboxylic acids is 3. The number of carbonyl (C=O) groups is 3. The summed E-state index contributed by atoms with van der Waals surface area (Å²) in [5, 5.41) is 4.51. The van der Waals surface area contributed by atoms with Crippen molar-refractivity contribution in [2.24, 2.45) is 0 Å². The van der Waals surface area contributed by atoms with Gasteiger partial charge in [0, 0.05) is 0 Å². The van der Waals surface area contributed by atoms with Crippen molar-refractivity contribution in [3.8, 4) is 0 Å². The van der Waals surface area contributed by atoms with Crippen molar-refractivity contribution in [1.82, 2.24) is 10.6 Å². The fourth-order valence-electron chi connectivity index (χ4n) is 1.27. The first-order valence-corrected chi connectivity index (χ1v) is 6.58. The third-order valence-electron chi connectivity index (χ3n) is 2.25. The van der Waals surface area contributed by atoms with Crippen molar-refractivity contribution in [3.63, 3.8) is 0 Å². The lowest BCUT2D eigenvalue weighted by Crippen LogP contribution is -2.39. The average Bonchev–Trinajstić information content (AvgIpc) is 2.50. The molecule has 114 valence electrons. The van der Waals surface area contributed by atoms with Crippen LogP contribution in [0.3, 0.4) is 0 Å². The molecule has 0 aliphatic heterocycles. The van der Waals surface area contributed by atoms with E-state index in [1.807, 2.05) is 30.3 Å². The SMILES string of the molecule is O=C(CNC(=O)OCc1ccccc1)NCC(=O)OCCl. The van der Waals surface area contributed by atoms with Crippen LogP contribution in [0.2, 0.25) is 0 Å². The monoisotopic (exact) mass is 314 g/mol. The Kier molecular flexibility index (Phi) is 7.67. The Morgan fingerprint density at radius 3 is 2.38 bits per heavy atom. The van der Waals surface area contributed by atoms with Gasteiger partial charge in [0.25, 0.3) is 0 Å². The van der Waals surface area contributed by atoms with E-state index < -0.39 is 18.0 Å². The predicted octanol–water partition coefficient (Wildman–Crippen LogP) is 0.769. The number of halogens is 1. The summed E-state index contributed by atoms with van der Waals surface area (Å²) in [7, 11) is 0. The van der Waals surface area contributed by atoms with Crippen molar-refractivity contribution in [2.45, 2.75) is 6.61 Å². The molecule has 0 saturated heterocycles. The van der Waals surface area contributed by atoms with Gasteiger partial charge in [-0.05, 0) is 5.56 Å². The molecule has 0 radical (unpaired) electrons. The van der Waals surface area contributed by atoms with Crippen molar-refractivity contribution in [3.05, 3.63) is 35.9 Å². The highest BCUT2D eigenvalue weighted by atomic mass is 35.5. The van der Waals surface area contributed by atoms with Crippen LogP contribution in [0.25, 0.3) is 0 Å². The van der Waals surface area contributed by atoms with E-state index in [4.69, 9.17) is 16.3 Å². The van der Waals surface area contributed by atoms with Gasteiger partial charge in [-0.2, -0.15) is 0 Å². The number of alkyl carbamates (subject to hydrolysis) is 1. The minimum atomic E-state index is -0.725. The fourth-order valence-corrected chi connectivity index (χ4v) is 1.39. The first-order valence-electron chi connectivity index (χ1n) is 6.04. The Morgan fingerprint density at radius 2 is 1.71 bits per heavy atom. The lowest BCUT2D eigenvalue weighted by Gasteiger charge is -2.07. The fraction of sp³-hybridized carbons (Fsp3) is 0.308. The Morgan fingerprint density at radius 1 is 1.00 bits per heavy atom. The van der Waals surface area contributed by atoms with E-state index in [0.29, 0.717) is 0 Å². The number of rotatable bonds is 7. The summed E-state index contributed by atoms with van der Waals surface area (Å²) in [5.74, 6) is -1.21. The topological polar surface area (TPSA) is 93.7 Å². The molecule has 0 unspecified atom stereocenters. The minimum Gasteiger partial charge on any atom is -0.448 e. The second kappa shape index (κ2) is 9.60. The number of hydrogen-bond donors (Lipinski definition) is 2. The molecule has 0 bridgehead atoms. The van der Waals surface area contributed by atoms with Gasteiger partial charge < -0.3 is 20.1 Å². The molecule has 0 aliphatic rings. The number of alkyl halides is 1. The van der Waals surface area contributed by atoms with Crippen LogP contribution in [0.1, 0.15) is 5.56 Å². The molecule has 0 aliphatic carbocycles. The Bertz CT molecular complexity index is 481. The molecule has 2 N–H and O–H groups in total. The zero-order chi connectivity index (χ0) is 15.5. The molecule has 0 heterocycles. The van der Waals surface area contributed by atoms with Gasteiger partial charge in [-0.15, -0.1) is 0 Å². The van der Waals surface area contributed by atoms with Crippen LogP contribution in [0.15, 0.2) is 30.3 Å². The van der Waals surface area contributed by atoms with Gasteiger partial charge in [-0.25, -0.2) is 4.79 Å². The predicted molar refractivity (Wildman–Crippen MR) is 74.5 cm³/mol. The van der Waals surface area contributed by atoms with Crippen LogP contribution < -0.4 is 10.6 Å². The van der Waals surface area contributed by atoms with E-state index >= 15 is 0 Å². The number of hydrogen-bond acceptors (Lipinski definition) is 5. The highest BCUT2D eigenvalue weighted by molar-refractivity contribution is 6.17. The maximum Gasteiger partial charge on any atom is 0.407 e. The molecule has 7 nitrogen and oxygen atoms in total. The van der Waals surface area contributed by atoms with E-state index in [9.17, 15) is 14.4 Å². The van der Waals surface area contributed by atoms with Gasteiger partial charge in [-0.1, -0.05) is 41.9 Å². The molecule has 0 aromatic heterocycles. The summed E-state index contributed by atoms with van der Waals surface area (Å²) in [6.07, 6.45) is -0.725. The highest BCUT2D eigenvalue weighted by Gasteiger charge is 2.08. The second-order valence-corrected chi connectivity index (χ2v) is 4.04. The van der Waals surface area contributed by atoms with E-state index in [0.717, 1.165) is 5.56 Å². The zero-order valence-corrected chi connectivity index (χ0v) is 11.9. The number of nitrogens with one attached hydrogen (secondary N) is 2. The van der Waals surface area contributed by atoms with Gasteiger partial charge in [0.2, 0.25) is 5.91 Å². The molecular formula is C13H15ClN2O5. The Hall–Kier alpha value is -2.28. The van der Waals surface area contributed by atoms with Crippen molar-refractivity contribution >= 4 is 29.6 Å². The van der Waals surface area contributed by atoms with Crippen LogP contribution in [0.4, 0.5) is 4.79 Å². The third kappa shape index (κ3) is 7.78. The minimum absolute atomic E-state index is 0.107. The number of esters is 1. The van der Waals surface area contributed by atoms with Crippen molar-refractivity contribution in [1.29, 1.82) is 0 Å². The lowest BCUT2D eigenvalue weighted by molar-refractivity contribution is -0.141. The molecule has 1 aromatic rings. The van der Waals surface area contributed by atoms with Crippen LogP contribution in [0, 0.1) is 0 Å². The molecule has 21 heavy (non-hydrogen) atoms. The first kappa shape index (κ1) is 16.8. The summed E-state index contributed by atoms with van der Waals surface area (Å²) < 4.78 is 9.31. The molecule has 0 fully saturated rings. The van der Waals surface area contributed by atoms with E-state index in [1.165, 1.54) is 0 Å². The molecule has 0 saturated carbocycles. The molecule has 2 amide bonds. The van der Waals surface area contributed by atoms with Crippen molar-refractivity contribution < 1.29 is 23.9 Å². The highest BCUT2D eigenvalue weighted by Crippen LogP contribution is 2.00. The Labute approximate surface area is 126 Å². The number of amides is 2. The van der Waals surface area contributed by atoms with Gasteiger partial charge in [0.15, 0.2) is 6.07 Å². The summed E-state index contributed by atoms with van der Waals surface area (Å²) in [6.45, 7) is -0.510. The molecule has 1 rings (SSSR count). The normalized spacial score (nSPS) is 9.57. The summed E-state index contributed by atoms with van der Waals surface area (Å²) >= 11 is 5.17. The maximum absolute atomic E-state index is 11.3. The first-order chi connectivity index (χ1) is 10.1. The molecule has 0 spiro atoms. The largest absolute Gasteiger partial charge is 0.448 e. The van der Waals surface area contributed by atoms with Crippen molar-refractivity contribution in [2.75, 3.05) is 19.2 Å². The summed E-state index contributed by atoms with van der Waals surface area (Å²) in [4.78, 5) is 33.6. The molecule has 0 atom stereocenters. The number of benzene rings is 1. The van der Waals surface area contributed by atoms with Gasteiger partial charge in [-0.3, -0.25) is 9.59 Å². The molecular weight excluding hydrogens is 300 g/mol. The van der Waals surface area contributed by atoms with Crippen LogP contribution in [0.5, 0.6) is 0 Å². The second-order valence-electron chi connectivity index (χ2n) is 3.82. The summed E-state index contributed by atoms with van der Waals surface area (Å²) in [6, 6.07) is 8.83. The standard InChI is InChI=1S/C13H15ClN2O5/c14-9-21-12(18)7-15-11(17)6-16-13(19)20-8-10-4-2-1-3-5-10/h1-5H,6-9H2,(H,15,17)(H,16,19). The van der Waals surface area contributed by atoms with Crippen LogP contribution >= 0.6 is 11.6 Å². The van der Waals surface area contributed by atoms with Gasteiger partial charge in [0.05, 0.1) is 0 Å². The van der Waals surface area contributed by atoms with Gasteiger partial charge in [0.1, 0.15) is 19.7 Å². The molecule has 1 aromatic carbocycles. The third-order valence-corrected chi connectivity index (χ3v) is 2.36. The van der Waals surface area contributed by atoms with Crippen LogP contribution in [-0.4, -0.2) is 37.1 Å². The van der Waals surface area contributed by atoms with Crippen LogP contribution in [-0.2, 0) is 25.7 Å². The quantitative estimate of drug-likeness (QED) is 0.572. The lowest BCUT2D eigenvalue weighted by atomic mass is 10.2. The number of ether oxygens (including phenoxy) is 2. The molecule has 8 heteroatoms. The van der Waals surface area contributed by atoms with Gasteiger partial charge >= 0.3 is 12.1 Å². The van der Waals surface area contributed by atoms with E-state index in [2.05, 4.69) is 15.4 Å². The Balaban J connectivity index is 2.15. The zero-order valence-electron chi connectivity index (χ0n) is 11.1.